The minimum Gasteiger partial charge on any atom is -0.481 e. The third-order valence-corrected chi connectivity index (χ3v) is 1.52. The molecule has 3 nitrogen and oxygen atoms in total. The number of carbonyl (C=O) groups is 1. The normalized spacial score (nSPS) is 11.5. The van der Waals surface area contributed by atoms with Gasteiger partial charge in [0.25, 0.3) is 5.92 Å². The predicted molar refractivity (Wildman–Crippen MR) is 41.7 cm³/mol. The van der Waals surface area contributed by atoms with Crippen LogP contribution in [0.2, 0.25) is 0 Å². The van der Waals surface area contributed by atoms with Gasteiger partial charge in [0.2, 0.25) is 0 Å². The van der Waals surface area contributed by atoms with E-state index in [0.717, 1.165) is 0 Å². The van der Waals surface area contributed by atoms with Crippen molar-refractivity contribution in [3.63, 3.8) is 0 Å². The predicted octanol–water partition coefficient (Wildman–Crippen LogP) is 1.67. The van der Waals surface area contributed by atoms with E-state index in [2.05, 4.69) is 4.98 Å². The Labute approximate surface area is 73.4 Å². The summed E-state index contributed by atoms with van der Waals surface area (Å²) in [5.41, 5.74) is 0.339. The maximum Gasteiger partial charge on any atom is 0.309 e. The molecule has 0 aliphatic heterocycles. The van der Waals surface area contributed by atoms with Gasteiger partial charge < -0.3 is 10.1 Å². The Bertz CT molecular complexity index is 282. The summed E-state index contributed by atoms with van der Waals surface area (Å²) >= 11 is 0. The van der Waals surface area contributed by atoms with Gasteiger partial charge in [-0.05, 0) is 12.1 Å². The second-order valence-corrected chi connectivity index (χ2v) is 2.80. The van der Waals surface area contributed by atoms with Crippen LogP contribution in [0.1, 0.15) is 12.1 Å². The molecule has 0 radical (unpaired) electrons. The maximum atomic E-state index is 12.8. The van der Waals surface area contributed by atoms with E-state index in [-0.39, 0.29) is 0 Å². The summed E-state index contributed by atoms with van der Waals surface area (Å²) < 4.78 is 25.7. The van der Waals surface area contributed by atoms with Crippen molar-refractivity contribution in [3.05, 3.63) is 24.0 Å². The van der Waals surface area contributed by atoms with Crippen molar-refractivity contribution in [1.82, 2.24) is 4.98 Å². The van der Waals surface area contributed by atoms with E-state index in [1.165, 1.54) is 12.3 Å². The van der Waals surface area contributed by atoms with Crippen molar-refractivity contribution in [3.8, 4) is 0 Å². The topological polar surface area (TPSA) is 53.1 Å². The number of hydrogen-bond donors (Lipinski definition) is 2. The van der Waals surface area contributed by atoms with Crippen LogP contribution in [0, 0.1) is 0 Å². The van der Waals surface area contributed by atoms with E-state index in [0.29, 0.717) is 5.69 Å². The molecule has 13 heavy (non-hydrogen) atoms. The summed E-state index contributed by atoms with van der Waals surface area (Å²) in [4.78, 5) is 12.6. The molecule has 0 atom stereocenters. The smallest absolute Gasteiger partial charge is 0.309 e. The molecule has 0 saturated carbocycles. The van der Waals surface area contributed by atoms with Gasteiger partial charge in [0.1, 0.15) is 6.42 Å². The summed E-state index contributed by atoms with van der Waals surface area (Å²) in [7, 11) is 0. The number of aromatic nitrogens is 1. The van der Waals surface area contributed by atoms with Gasteiger partial charge in [-0.3, -0.25) is 4.79 Å². The summed E-state index contributed by atoms with van der Waals surface area (Å²) in [6.07, 6.45) is -0.176. The van der Waals surface area contributed by atoms with E-state index in [1.54, 1.807) is 6.07 Å². The van der Waals surface area contributed by atoms with Crippen LogP contribution >= 0.6 is 0 Å². The monoisotopic (exact) mass is 189 g/mol. The van der Waals surface area contributed by atoms with Gasteiger partial charge in [0.05, 0.1) is 6.42 Å². The van der Waals surface area contributed by atoms with Crippen LogP contribution in [0.4, 0.5) is 8.78 Å². The Morgan fingerprint density at radius 1 is 1.62 bits per heavy atom. The first kappa shape index (κ1) is 9.70. The van der Waals surface area contributed by atoms with Gasteiger partial charge in [-0.15, -0.1) is 0 Å². The first-order valence-corrected chi connectivity index (χ1v) is 3.71. The first-order valence-electron chi connectivity index (χ1n) is 3.71. The molecule has 0 aliphatic carbocycles. The number of halogens is 2. The van der Waals surface area contributed by atoms with Crippen molar-refractivity contribution in [2.45, 2.75) is 18.8 Å². The largest absolute Gasteiger partial charge is 0.481 e. The molecule has 1 aromatic rings. The Morgan fingerprint density at radius 3 is 2.77 bits per heavy atom. The lowest BCUT2D eigenvalue weighted by Gasteiger charge is -2.12. The molecule has 0 spiro atoms. The molecule has 72 valence electrons. The lowest BCUT2D eigenvalue weighted by atomic mass is 10.1. The van der Waals surface area contributed by atoms with Crippen molar-refractivity contribution in [1.29, 1.82) is 0 Å². The highest BCUT2D eigenvalue weighted by molar-refractivity contribution is 5.67. The van der Waals surface area contributed by atoms with Gasteiger partial charge in [0, 0.05) is 11.9 Å². The summed E-state index contributed by atoms with van der Waals surface area (Å²) in [6, 6.07) is 3.09. The Balaban J connectivity index is 2.56. The van der Waals surface area contributed by atoms with Crippen LogP contribution in [-0.4, -0.2) is 22.0 Å². The van der Waals surface area contributed by atoms with Crippen molar-refractivity contribution < 1.29 is 18.7 Å². The summed E-state index contributed by atoms with van der Waals surface area (Å²) in [6.45, 7) is 0. The molecule has 0 aliphatic rings. The fraction of sp³-hybridized carbons (Fsp3) is 0.375. The number of aliphatic carboxylic acids is 1. The standard InChI is InChI=1S/C8H9F2NO2/c9-8(10,5-7(12)13)4-6-2-1-3-11-6/h1-3,11H,4-5H2,(H,12,13). The van der Waals surface area contributed by atoms with Crippen molar-refractivity contribution in [2.24, 2.45) is 0 Å². The number of H-pyrrole nitrogens is 1. The number of carboxylic acid groups (broad SMARTS) is 1. The van der Waals surface area contributed by atoms with Gasteiger partial charge in [0.15, 0.2) is 0 Å². The summed E-state index contributed by atoms with van der Waals surface area (Å²) in [5, 5.41) is 8.19. The minimum atomic E-state index is -3.18. The number of nitrogens with one attached hydrogen (secondary N) is 1. The number of alkyl halides is 2. The van der Waals surface area contributed by atoms with Gasteiger partial charge >= 0.3 is 5.97 Å². The zero-order valence-corrected chi connectivity index (χ0v) is 6.76. The third kappa shape index (κ3) is 3.23. The molecule has 0 saturated heterocycles. The van der Waals surface area contributed by atoms with Gasteiger partial charge in [-0.1, -0.05) is 0 Å². The zero-order valence-electron chi connectivity index (χ0n) is 6.76. The molecule has 0 aromatic carbocycles. The Hall–Kier alpha value is -1.39. The van der Waals surface area contributed by atoms with Crippen LogP contribution in [0.15, 0.2) is 18.3 Å². The molecular weight excluding hydrogens is 180 g/mol. The Kier molecular flexibility index (Phi) is 2.65. The number of hydrogen-bond acceptors (Lipinski definition) is 1. The average Bonchev–Trinajstić information content (AvgIpc) is 2.34. The lowest BCUT2D eigenvalue weighted by Crippen LogP contribution is -2.23. The maximum absolute atomic E-state index is 12.8. The van der Waals surface area contributed by atoms with Crippen LogP contribution < -0.4 is 0 Å². The van der Waals surface area contributed by atoms with Crippen LogP contribution in [-0.2, 0) is 11.2 Å². The fourth-order valence-electron chi connectivity index (χ4n) is 1.04. The highest BCUT2D eigenvalue weighted by Gasteiger charge is 2.32. The van der Waals surface area contributed by atoms with Gasteiger partial charge in [-0.2, -0.15) is 0 Å². The number of aromatic amines is 1. The zero-order chi connectivity index (χ0) is 9.90. The van der Waals surface area contributed by atoms with Crippen molar-refractivity contribution in [2.75, 3.05) is 0 Å². The molecule has 1 aromatic heterocycles. The van der Waals surface area contributed by atoms with E-state index in [9.17, 15) is 13.6 Å². The second-order valence-electron chi connectivity index (χ2n) is 2.80. The van der Waals surface area contributed by atoms with Crippen LogP contribution in [0.5, 0.6) is 0 Å². The highest BCUT2D eigenvalue weighted by Crippen LogP contribution is 2.22. The molecule has 0 amide bonds. The average molecular weight is 189 g/mol. The van der Waals surface area contributed by atoms with Gasteiger partial charge in [-0.25, -0.2) is 8.78 Å². The Morgan fingerprint density at radius 2 is 2.31 bits per heavy atom. The molecular formula is C8H9F2NO2. The third-order valence-electron chi connectivity index (χ3n) is 1.52. The molecule has 5 heteroatoms. The molecule has 1 heterocycles. The second kappa shape index (κ2) is 3.55. The molecule has 0 fully saturated rings. The highest BCUT2D eigenvalue weighted by atomic mass is 19.3. The molecule has 0 bridgehead atoms. The quantitative estimate of drug-likeness (QED) is 0.756. The summed E-state index contributed by atoms with van der Waals surface area (Å²) in [5.74, 6) is -4.67. The van der Waals surface area contributed by atoms with Crippen molar-refractivity contribution >= 4 is 5.97 Å². The molecule has 0 unspecified atom stereocenters. The van der Waals surface area contributed by atoms with Crippen LogP contribution in [0.25, 0.3) is 0 Å². The lowest BCUT2D eigenvalue weighted by molar-refractivity contribution is -0.144. The van der Waals surface area contributed by atoms with E-state index in [1.807, 2.05) is 0 Å². The van der Waals surface area contributed by atoms with Crippen LogP contribution in [0.3, 0.4) is 0 Å². The van der Waals surface area contributed by atoms with E-state index in [4.69, 9.17) is 5.11 Å². The number of rotatable bonds is 4. The molecule has 2 N–H and O–H groups in total. The first-order chi connectivity index (χ1) is 5.99. The van der Waals surface area contributed by atoms with E-state index >= 15 is 0 Å². The number of carboxylic acids is 1. The fourth-order valence-corrected chi connectivity index (χ4v) is 1.04. The minimum absolute atomic E-state index is 0.339. The molecule has 1 rings (SSSR count). The van der Waals surface area contributed by atoms with E-state index < -0.39 is 24.7 Å². The SMILES string of the molecule is O=C(O)CC(F)(F)Cc1ccc[nH]1.